The van der Waals surface area contributed by atoms with E-state index in [9.17, 15) is 5.11 Å². The van der Waals surface area contributed by atoms with Crippen LogP contribution in [0, 0.1) is 0 Å². The maximum atomic E-state index is 9.46. The van der Waals surface area contributed by atoms with E-state index in [4.69, 9.17) is 5.73 Å². The summed E-state index contributed by atoms with van der Waals surface area (Å²) < 4.78 is 0. The van der Waals surface area contributed by atoms with Crippen LogP contribution in [-0.4, -0.2) is 26.7 Å². The first-order valence-corrected chi connectivity index (χ1v) is 4.46. The number of rotatable bonds is 3. The Kier molecular flexibility index (Phi) is 2.90. The molecule has 1 heterocycles. The van der Waals surface area contributed by atoms with Crippen molar-refractivity contribution in [3.63, 3.8) is 0 Å². The summed E-state index contributed by atoms with van der Waals surface area (Å²) in [6, 6.07) is 1.61. The van der Waals surface area contributed by atoms with Gasteiger partial charge in [0.25, 0.3) is 0 Å². The lowest BCUT2D eigenvalue weighted by atomic mass is 9.99. The third kappa shape index (κ3) is 2.56. The Balaban J connectivity index is 2.78. The molecule has 0 saturated heterocycles. The van der Waals surface area contributed by atoms with Gasteiger partial charge in [-0.2, -0.15) is 4.98 Å². The smallest absolute Gasteiger partial charge is 0.225 e. The minimum absolute atomic E-state index is 0.406. The van der Waals surface area contributed by atoms with Gasteiger partial charge in [-0.25, -0.2) is 4.98 Å². The number of hydrogen-bond acceptors (Lipinski definition) is 5. The Morgan fingerprint density at radius 2 is 2.21 bits per heavy atom. The molecular formula is C9H16N4O. The molecule has 5 heteroatoms. The predicted octanol–water partition coefficient (Wildman–Crippen LogP) is 0.630. The van der Waals surface area contributed by atoms with Crippen molar-refractivity contribution in [3.05, 3.63) is 12.3 Å². The quantitative estimate of drug-likeness (QED) is 0.660. The van der Waals surface area contributed by atoms with Crippen molar-refractivity contribution in [1.82, 2.24) is 9.97 Å². The van der Waals surface area contributed by atoms with Gasteiger partial charge in [0.05, 0.1) is 11.6 Å². The summed E-state index contributed by atoms with van der Waals surface area (Å²) in [7, 11) is 0. The molecule has 0 aliphatic carbocycles. The zero-order valence-corrected chi connectivity index (χ0v) is 8.65. The van der Waals surface area contributed by atoms with Gasteiger partial charge in [0, 0.05) is 6.20 Å². The number of anilines is 2. The maximum absolute atomic E-state index is 9.46. The van der Waals surface area contributed by atoms with Crippen molar-refractivity contribution >= 4 is 11.8 Å². The van der Waals surface area contributed by atoms with E-state index >= 15 is 0 Å². The molecule has 1 aromatic heterocycles. The molecule has 0 aliphatic heterocycles. The standard InChI is InChI=1S/C9H16N4O/c1-6(14)9(2,3)13-8-11-5-4-7(10)12-8/h4-6,14H,1-3H3,(H3,10,11,12,13). The molecule has 0 spiro atoms. The lowest BCUT2D eigenvalue weighted by Gasteiger charge is -2.29. The fourth-order valence-electron chi connectivity index (χ4n) is 0.825. The highest BCUT2D eigenvalue weighted by Gasteiger charge is 2.24. The zero-order valence-electron chi connectivity index (χ0n) is 8.65. The third-order valence-electron chi connectivity index (χ3n) is 2.16. The van der Waals surface area contributed by atoms with Crippen molar-refractivity contribution < 1.29 is 5.11 Å². The molecule has 14 heavy (non-hydrogen) atoms. The average molecular weight is 196 g/mol. The van der Waals surface area contributed by atoms with Crippen LogP contribution >= 0.6 is 0 Å². The molecule has 0 saturated carbocycles. The number of aromatic nitrogens is 2. The largest absolute Gasteiger partial charge is 0.391 e. The minimum atomic E-state index is -0.507. The van der Waals surface area contributed by atoms with Gasteiger partial charge in [0.2, 0.25) is 5.95 Å². The number of aliphatic hydroxyl groups is 1. The second-order valence-corrected chi connectivity index (χ2v) is 3.83. The van der Waals surface area contributed by atoms with Crippen molar-refractivity contribution in [1.29, 1.82) is 0 Å². The van der Waals surface area contributed by atoms with Gasteiger partial charge in [0.1, 0.15) is 5.82 Å². The first-order chi connectivity index (χ1) is 6.42. The van der Waals surface area contributed by atoms with Crippen LogP contribution in [0.15, 0.2) is 12.3 Å². The Labute approximate surface area is 83.4 Å². The molecule has 1 aromatic rings. The number of nitrogen functional groups attached to an aromatic ring is 1. The summed E-state index contributed by atoms with van der Waals surface area (Å²) in [5, 5.41) is 12.5. The zero-order chi connectivity index (χ0) is 10.8. The second-order valence-electron chi connectivity index (χ2n) is 3.83. The van der Waals surface area contributed by atoms with Crippen LogP contribution in [0.1, 0.15) is 20.8 Å². The van der Waals surface area contributed by atoms with Crippen molar-refractivity contribution in [2.45, 2.75) is 32.4 Å². The average Bonchev–Trinajstić information content (AvgIpc) is 2.02. The second kappa shape index (κ2) is 3.79. The monoisotopic (exact) mass is 196 g/mol. The molecule has 0 aliphatic rings. The Morgan fingerprint density at radius 3 is 2.71 bits per heavy atom. The van der Waals surface area contributed by atoms with Crippen LogP contribution in [0.2, 0.25) is 0 Å². The van der Waals surface area contributed by atoms with E-state index in [1.807, 2.05) is 13.8 Å². The van der Waals surface area contributed by atoms with Gasteiger partial charge in [-0.05, 0) is 26.8 Å². The van der Waals surface area contributed by atoms with E-state index in [2.05, 4.69) is 15.3 Å². The first kappa shape index (κ1) is 10.7. The van der Waals surface area contributed by atoms with Crippen LogP contribution in [0.25, 0.3) is 0 Å². The number of nitrogens with one attached hydrogen (secondary N) is 1. The molecule has 4 N–H and O–H groups in total. The molecule has 0 fully saturated rings. The number of nitrogens with two attached hydrogens (primary N) is 1. The SMILES string of the molecule is CC(O)C(C)(C)Nc1nccc(N)n1. The van der Waals surface area contributed by atoms with Gasteiger partial charge < -0.3 is 16.2 Å². The van der Waals surface area contributed by atoms with Crippen molar-refractivity contribution in [3.8, 4) is 0 Å². The summed E-state index contributed by atoms with van der Waals surface area (Å²) in [4.78, 5) is 7.98. The predicted molar refractivity (Wildman–Crippen MR) is 55.8 cm³/mol. The normalized spacial score (nSPS) is 13.7. The van der Waals surface area contributed by atoms with Gasteiger partial charge in [-0.1, -0.05) is 0 Å². The van der Waals surface area contributed by atoms with Crippen LogP contribution in [0.4, 0.5) is 11.8 Å². The van der Waals surface area contributed by atoms with E-state index < -0.39 is 11.6 Å². The highest BCUT2D eigenvalue weighted by Crippen LogP contribution is 2.15. The van der Waals surface area contributed by atoms with Crippen LogP contribution in [-0.2, 0) is 0 Å². The van der Waals surface area contributed by atoms with Crippen molar-refractivity contribution in [2.24, 2.45) is 0 Å². The summed E-state index contributed by atoms with van der Waals surface area (Å²) in [6.45, 7) is 5.44. The first-order valence-electron chi connectivity index (χ1n) is 4.46. The highest BCUT2D eigenvalue weighted by atomic mass is 16.3. The molecule has 0 amide bonds. The number of hydrogen-bond donors (Lipinski definition) is 3. The molecular weight excluding hydrogens is 180 g/mol. The van der Waals surface area contributed by atoms with Gasteiger partial charge in [-0.15, -0.1) is 0 Å². The Morgan fingerprint density at radius 1 is 1.57 bits per heavy atom. The summed E-state index contributed by atoms with van der Waals surface area (Å²) in [6.07, 6.45) is 1.07. The number of aliphatic hydroxyl groups excluding tert-OH is 1. The van der Waals surface area contributed by atoms with Crippen LogP contribution < -0.4 is 11.1 Å². The lowest BCUT2D eigenvalue weighted by Crippen LogP contribution is -2.42. The Hall–Kier alpha value is -1.36. The third-order valence-corrected chi connectivity index (χ3v) is 2.16. The molecule has 1 unspecified atom stereocenters. The van der Waals surface area contributed by atoms with Gasteiger partial charge in [-0.3, -0.25) is 0 Å². The lowest BCUT2D eigenvalue weighted by molar-refractivity contribution is 0.132. The molecule has 1 atom stereocenters. The van der Waals surface area contributed by atoms with Crippen molar-refractivity contribution in [2.75, 3.05) is 11.1 Å². The molecule has 5 nitrogen and oxygen atoms in total. The molecule has 1 rings (SSSR count). The molecule has 0 aromatic carbocycles. The summed E-state index contributed by atoms with van der Waals surface area (Å²) in [5.41, 5.74) is 5.02. The number of nitrogens with zero attached hydrogens (tertiary/aromatic N) is 2. The highest BCUT2D eigenvalue weighted by molar-refractivity contribution is 5.37. The van der Waals surface area contributed by atoms with E-state index in [1.54, 1.807) is 19.2 Å². The van der Waals surface area contributed by atoms with E-state index in [0.29, 0.717) is 11.8 Å². The van der Waals surface area contributed by atoms with Gasteiger partial charge >= 0.3 is 0 Å². The Bertz CT molecular complexity index is 311. The van der Waals surface area contributed by atoms with E-state index in [1.165, 1.54) is 0 Å². The topological polar surface area (TPSA) is 84.1 Å². The van der Waals surface area contributed by atoms with Crippen LogP contribution in [0.3, 0.4) is 0 Å². The minimum Gasteiger partial charge on any atom is -0.391 e. The van der Waals surface area contributed by atoms with Crippen LogP contribution in [0.5, 0.6) is 0 Å². The molecule has 78 valence electrons. The van der Waals surface area contributed by atoms with E-state index in [0.717, 1.165) is 0 Å². The van der Waals surface area contributed by atoms with Gasteiger partial charge in [0.15, 0.2) is 0 Å². The molecule has 0 radical (unpaired) electrons. The summed E-state index contributed by atoms with van der Waals surface area (Å²) >= 11 is 0. The fraction of sp³-hybridized carbons (Fsp3) is 0.556. The molecule has 0 bridgehead atoms. The maximum Gasteiger partial charge on any atom is 0.225 e. The summed E-state index contributed by atoms with van der Waals surface area (Å²) in [5.74, 6) is 0.833. The van der Waals surface area contributed by atoms with E-state index in [-0.39, 0.29) is 0 Å². The fourth-order valence-corrected chi connectivity index (χ4v) is 0.825.